The Balaban J connectivity index is 1.68. The first-order chi connectivity index (χ1) is 15.0. The molecular formula is C24H21Cl2FN2O2S. The Hall–Kier alpha value is -2.28. The highest BCUT2D eigenvalue weighted by Gasteiger charge is 2.36. The van der Waals surface area contributed by atoms with Gasteiger partial charge in [-0.1, -0.05) is 35.3 Å². The molecule has 0 aliphatic carbocycles. The Kier molecular flexibility index (Phi) is 5.90. The van der Waals surface area contributed by atoms with Crippen LogP contribution < -0.4 is 4.90 Å². The van der Waals surface area contributed by atoms with Crippen molar-refractivity contribution in [2.24, 2.45) is 0 Å². The molecule has 0 N–H and O–H groups in total. The molecule has 1 fully saturated rings. The van der Waals surface area contributed by atoms with Gasteiger partial charge in [0.15, 0.2) is 0 Å². The summed E-state index contributed by atoms with van der Waals surface area (Å²) in [4.78, 5) is 28.8. The van der Waals surface area contributed by atoms with Crippen molar-refractivity contribution < 1.29 is 14.0 Å². The lowest BCUT2D eigenvalue weighted by atomic mass is 9.88. The predicted molar refractivity (Wildman–Crippen MR) is 131 cm³/mol. The van der Waals surface area contributed by atoms with E-state index in [-0.39, 0.29) is 27.6 Å². The zero-order chi connectivity index (χ0) is 23.4. The van der Waals surface area contributed by atoms with Crippen LogP contribution in [0.4, 0.5) is 14.9 Å². The number of allylic oxidation sites excluding steroid dienone is 1. The summed E-state index contributed by atoms with van der Waals surface area (Å²) in [6.07, 6.45) is 3.79. The van der Waals surface area contributed by atoms with Crippen molar-refractivity contribution in [3.05, 3.63) is 73.9 Å². The predicted octanol–water partition coefficient (Wildman–Crippen LogP) is 7.00. The number of hydrogen-bond acceptors (Lipinski definition) is 4. The molecular weight excluding hydrogens is 470 g/mol. The van der Waals surface area contributed by atoms with Crippen LogP contribution in [-0.4, -0.2) is 28.6 Å². The first-order valence-electron chi connectivity index (χ1n) is 9.95. The molecule has 0 unspecified atom stereocenters. The standard InChI is InChI=1S/C24H21Cl2FN2O2S/c1-13-11-24(2,3)28(4)20-10-18(26)14(8-15(13)20)9-21-22(30)29(23(31)32-21)12-16-17(25)6-5-7-19(16)27/h5-11H,12H2,1-4H3/b21-9+. The van der Waals surface area contributed by atoms with E-state index in [2.05, 4.69) is 24.8 Å². The van der Waals surface area contributed by atoms with Crippen molar-refractivity contribution >= 4 is 63.4 Å². The minimum absolute atomic E-state index is 0.107. The van der Waals surface area contributed by atoms with E-state index in [0.717, 1.165) is 33.5 Å². The van der Waals surface area contributed by atoms with Crippen molar-refractivity contribution in [2.45, 2.75) is 32.9 Å². The fourth-order valence-corrected chi connectivity index (χ4v) is 5.18. The van der Waals surface area contributed by atoms with Crippen LogP contribution in [0.5, 0.6) is 0 Å². The van der Waals surface area contributed by atoms with Gasteiger partial charge in [-0.2, -0.15) is 0 Å². The maximum Gasteiger partial charge on any atom is 0.293 e. The second-order valence-corrected chi connectivity index (χ2v) is 10.2. The Morgan fingerprint density at radius 3 is 2.56 bits per heavy atom. The van der Waals surface area contributed by atoms with Crippen molar-refractivity contribution in [1.82, 2.24) is 4.90 Å². The normalized spacial score (nSPS) is 19.0. The third-order valence-corrected chi connectivity index (χ3v) is 7.46. The lowest BCUT2D eigenvalue weighted by Crippen LogP contribution is -2.42. The number of amides is 2. The summed E-state index contributed by atoms with van der Waals surface area (Å²) < 4.78 is 14.2. The molecule has 0 spiro atoms. The van der Waals surface area contributed by atoms with E-state index < -0.39 is 17.0 Å². The smallest absolute Gasteiger partial charge is 0.293 e. The number of fused-ring (bicyclic) bond motifs is 1. The average molecular weight is 491 g/mol. The van der Waals surface area contributed by atoms with Crippen LogP contribution >= 0.6 is 35.0 Å². The second-order valence-electron chi connectivity index (χ2n) is 8.40. The van der Waals surface area contributed by atoms with Gasteiger partial charge in [0.2, 0.25) is 0 Å². The molecule has 0 saturated carbocycles. The first kappa shape index (κ1) is 22.9. The molecule has 2 aliphatic rings. The molecule has 32 heavy (non-hydrogen) atoms. The van der Waals surface area contributed by atoms with E-state index in [4.69, 9.17) is 23.2 Å². The van der Waals surface area contributed by atoms with E-state index in [0.29, 0.717) is 10.6 Å². The maximum absolute atomic E-state index is 14.2. The van der Waals surface area contributed by atoms with Gasteiger partial charge in [0.1, 0.15) is 5.82 Å². The number of hydrogen-bond donors (Lipinski definition) is 0. The van der Waals surface area contributed by atoms with Crippen LogP contribution in [0.2, 0.25) is 10.0 Å². The van der Waals surface area contributed by atoms with Crippen LogP contribution in [0.3, 0.4) is 0 Å². The van der Waals surface area contributed by atoms with Gasteiger partial charge in [0, 0.05) is 33.9 Å². The van der Waals surface area contributed by atoms with E-state index in [1.54, 1.807) is 6.08 Å². The fraction of sp³-hybridized carbons (Fsp3) is 0.250. The van der Waals surface area contributed by atoms with Gasteiger partial charge in [-0.25, -0.2) is 4.39 Å². The Bertz CT molecular complexity index is 1200. The van der Waals surface area contributed by atoms with Crippen LogP contribution in [0.15, 0.2) is 41.3 Å². The van der Waals surface area contributed by atoms with Gasteiger partial charge in [0.05, 0.1) is 17.0 Å². The summed E-state index contributed by atoms with van der Waals surface area (Å²) in [5.74, 6) is -1.06. The van der Waals surface area contributed by atoms with Gasteiger partial charge in [-0.3, -0.25) is 14.5 Å². The van der Waals surface area contributed by atoms with E-state index in [1.807, 2.05) is 26.1 Å². The van der Waals surface area contributed by atoms with E-state index >= 15 is 0 Å². The number of halogens is 3. The highest BCUT2D eigenvalue weighted by molar-refractivity contribution is 8.18. The number of imide groups is 1. The van der Waals surface area contributed by atoms with Crippen LogP contribution in [0.25, 0.3) is 11.6 Å². The van der Waals surface area contributed by atoms with E-state index in [9.17, 15) is 14.0 Å². The maximum atomic E-state index is 14.2. The number of carbonyl (C=O) groups excluding carboxylic acids is 2. The molecule has 0 radical (unpaired) electrons. The molecule has 4 nitrogen and oxygen atoms in total. The molecule has 0 atom stereocenters. The summed E-state index contributed by atoms with van der Waals surface area (Å²) in [5.41, 5.74) is 3.71. The van der Waals surface area contributed by atoms with Gasteiger partial charge in [0.25, 0.3) is 11.1 Å². The minimum atomic E-state index is -0.562. The largest absolute Gasteiger partial charge is 0.365 e. The summed E-state index contributed by atoms with van der Waals surface area (Å²) in [6, 6.07) is 8.05. The topological polar surface area (TPSA) is 40.6 Å². The molecule has 2 heterocycles. The van der Waals surface area contributed by atoms with Gasteiger partial charge < -0.3 is 4.90 Å². The number of anilines is 1. The molecule has 0 aromatic heterocycles. The third-order valence-electron chi connectivity index (χ3n) is 5.87. The first-order valence-corrected chi connectivity index (χ1v) is 11.5. The van der Waals surface area contributed by atoms with Gasteiger partial charge >= 0.3 is 0 Å². The van der Waals surface area contributed by atoms with Gasteiger partial charge in [-0.15, -0.1) is 0 Å². The highest BCUT2D eigenvalue weighted by Crippen LogP contribution is 2.42. The summed E-state index contributed by atoms with van der Waals surface area (Å²) >= 11 is 13.4. The number of likely N-dealkylation sites (N-methyl/N-ethyl adjacent to an activating group) is 1. The van der Waals surface area contributed by atoms with Gasteiger partial charge in [-0.05, 0) is 74.0 Å². The average Bonchev–Trinajstić information content (AvgIpc) is 2.97. The molecule has 166 valence electrons. The molecule has 4 rings (SSSR count). The molecule has 1 saturated heterocycles. The molecule has 2 aromatic rings. The fourth-order valence-electron chi connectivity index (χ4n) is 3.92. The Morgan fingerprint density at radius 2 is 1.88 bits per heavy atom. The van der Waals surface area contributed by atoms with E-state index in [1.165, 1.54) is 18.2 Å². The lowest BCUT2D eigenvalue weighted by Gasteiger charge is -2.40. The van der Waals surface area contributed by atoms with Crippen molar-refractivity contribution in [3.63, 3.8) is 0 Å². The van der Waals surface area contributed by atoms with Crippen LogP contribution in [-0.2, 0) is 11.3 Å². The SMILES string of the molecule is CC1=CC(C)(C)N(C)c2cc(Cl)c(/C=C3/SC(=O)N(Cc4c(F)cccc4Cl)C3=O)cc21. The molecule has 8 heteroatoms. The molecule has 0 bridgehead atoms. The monoisotopic (exact) mass is 490 g/mol. The minimum Gasteiger partial charge on any atom is -0.365 e. The van der Waals surface area contributed by atoms with Crippen molar-refractivity contribution in [2.75, 3.05) is 11.9 Å². The number of rotatable bonds is 3. The second kappa shape index (κ2) is 8.25. The van der Waals surface area contributed by atoms with Crippen LogP contribution in [0, 0.1) is 5.82 Å². The number of carbonyl (C=O) groups is 2. The summed E-state index contributed by atoms with van der Waals surface area (Å²) in [5, 5.41) is 0.164. The number of benzene rings is 2. The molecule has 2 aromatic carbocycles. The highest BCUT2D eigenvalue weighted by atomic mass is 35.5. The molecule has 2 amide bonds. The molecule has 2 aliphatic heterocycles. The summed E-state index contributed by atoms with van der Waals surface area (Å²) in [6.45, 7) is 6.06. The zero-order valence-corrected chi connectivity index (χ0v) is 20.3. The third kappa shape index (κ3) is 3.96. The zero-order valence-electron chi connectivity index (χ0n) is 18.0. The summed E-state index contributed by atoms with van der Waals surface area (Å²) in [7, 11) is 2.01. The number of nitrogens with zero attached hydrogens (tertiary/aromatic N) is 2. The quantitative estimate of drug-likeness (QED) is 0.434. The van der Waals surface area contributed by atoms with Crippen molar-refractivity contribution in [1.29, 1.82) is 0 Å². The van der Waals surface area contributed by atoms with Crippen molar-refractivity contribution in [3.8, 4) is 0 Å². The lowest BCUT2D eigenvalue weighted by molar-refractivity contribution is -0.123. The van der Waals surface area contributed by atoms with Crippen LogP contribution in [0.1, 0.15) is 37.5 Å². The Morgan fingerprint density at radius 1 is 1.16 bits per heavy atom. The Labute approximate surface area is 200 Å². The number of thioether (sulfide) groups is 1.